The molecule has 1 rings (SSSR count). The number of aliphatic carboxylic acids is 1. The van der Waals surface area contributed by atoms with E-state index in [1.54, 1.807) is 6.08 Å². The Kier molecular flexibility index (Phi) is 6.38. The van der Waals surface area contributed by atoms with Gasteiger partial charge in [0.25, 0.3) is 0 Å². The predicted octanol–water partition coefficient (Wildman–Crippen LogP) is 1.63. The zero-order valence-electron chi connectivity index (χ0n) is 8.60. The fourth-order valence-corrected chi connectivity index (χ4v) is 0.732. The van der Waals surface area contributed by atoms with Crippen LogP contribution < -0.4 is 0 Å². The number of carbonyl (C=O) groups is 1. The molecule has 1 N–H and O–H groups in total. The Balaban J connectivity index is -0.000000403. The first-order valence-corrected chi connectivity index (χ1v) is 3.25. The van der Waals surface area contributed by atoms with Crippen LogP contribution in [0.4, 0.5) is 0 Å². The normalized spacial score (nSPS) is 9.33. The molecule has 0 radical (unpaired) electrons. The monoisotopic (exact) mass is 238 g/mol. The van der Waals surface area contributed by atoms with Crippen LogP contribution in [0.3, 0.4) is 0 Å². The van der Waals surface area contributed by atoms with E-state index in [2.05, 4.69) is 0 Å². The predicted molar refractivity (Wildman–Crippen MR) is 51.1 cm³/mol. The summed E-state index contributed by atoms with van der Waals surface area (Å²) in [7, 11) is 0. The summed E-state index contributed by atoms with van der Waals surface area (Å²) in [5.74, 6) is -0.922. The van der Waals surface area contributed by atoms with Gasteiger partial charge in [-0.3, -0.25) is 0 Å². The summed E-state index contributed by atoms with van der Waals surface area (Å²) in [6.07, 6.45) is 2.68. The topological polar surface area (TPSA) is 37.3 Å². The fourth-order valence-electron chi connectivity index (χ4n) is 0.732. The van der Waals surface area contributed by atoms with Crippen LogP contribution in [0.15, 0.2) is 36.4 Å². The van der Waals surface area contributed by atoms with E-state index in [1.165, 1.54) is 0 Å². The van der Waals surface area contributed by atoms with Crippen molar-refractivity contribution < 1.29 is 12.8 Å². The van der Waals surface area contributed by atoms with Gasteiger partial charge in [-0.25, -0.2) is 4.79 Å². The zero-order chi connectivity index (χ0) is 8.10. The number of hydrogen-bond donors (Lipinski definition) is 1. The Bertz CT molecular complexity index is 275. The first kappa shape index (κ1) is 11.9. The van der Waals surface area contributed by atoms with E-state index in [1.807, 2.05) is 30.3 Å². The van der Waals surface area contributed by atoms with Gasteiger partial charge in [0.15, 0.2) is 0 Å². The summed E-state index contributed by atoms with van der Waals surface area (Å²) in [5, 5.41) is 8.29. The van der Waals surface area contributed by atoms with Gasteiger partial charge in [-0.15, -0.1) is 0 Å². The summed E-state index contributed by atoms with van der Waals surface area (Å²) in [4.78, 5) is 10.1. The van der Waals surface area contributed by atoms with Gasteiger partial charge in [-0.2, -0.15) is 0 Å². The molecule has 0 saturated heterocycles. The van der Waals surface area contributed by atoms with Crippen molar-refractivity contribution in [3.8, 4) is 0 Å². The maximum atomic E-state index is 10.1. The average Bonchev–Trinajstić information content (AvgIpc) is 2.03. The van der Waals surface area contributed by atoms with Gasteiger partial charge in [-0.1, -0.05) is 30.3 Å². The molecule has 0 aliphatic carbocycles. The van der Waals surface area contributed by atoms with Gasteiger partial charge in [0.2, 0.25) is 0 Å². The van der Waals surface area contributed by atoms with Crippen molar-refractivity contribution in [3.63, 3.8) is 0 Å². The minimum Gasteiger partial charge on any atom is -1.00 e. The zero-order valence-corrected chi connectivity index (χ0v) is 10.1. The fraction of sp³-hybridized carbons (Fsp3) is 0. The molecule has 0 unspecified atom stereocenters. The first-order chi connectivity index (χ1) is 5.29. The molecule has 0 aromatic heterocycles. The van der Waals surface area contributed by atoms with Gasteiger partial charge in [-0.05, 0) is 11.6 Å². The second-order valence-electron chi connectivity index (χ2n) is 2.08. The SMILES string of the molecule is O=C(O)C=Cc1ccccc1.[H-].[H-].[Sr+2]. The van der Waals surface area contributed by atoms with Crippen molar-refractivity contribution in [1.29, 1.82) is 0 Å². The summed E-state index contributed by atoms with van der Waals surface area (Å²) >= 11 is 0. The molecule has 2 nitrogen and oxygen atoms in total. The molecule has 12 heavy (non-hydrogen) atoms. The Labute approximate surface area is 111 Å². The Morgan fingerprint density at radius 3 is 2.42 bits per heavy atom. The van der Waals surface area contributed by atoms with E-state index in [0.29, 0.717) is 0 Å². The molecule has 0 atom stereocenters. The second kappa shape index (κ2) is 6.43. The van der Waals surface area contributed by atoms with Crippen LogP contribution in [0.25, 0.3) is 6.08 Å². The number of rotatable bonds is 2. The first-order valence-electron chi connectivity index (χ1n) is 3.25. The minimum absolute atomic E-state index is 0. The van der Waals surface area contributed by atoms with Gasteiger partial charge in [0.1, 0.15) is 0 Å². The van der Waals surface area contributed by atoms with E-state index in [4.69, 9.17) is 5.11 Å². The third kappa shape index (κ3) is 4.72. The molecule has 0 spiro atoms. The summed E-state index contributed by atoms with van der Waals surface area (Å²) in [5.41, 5.74) is 0.898. The Morgan fingerprint density at radius 2 is 1.92 bits per heavy atom. The van der Waals surface area contributed by atoms with Crippen LogP contribution in [0.1, 0.15) is 8.42 Å². The van der Waals surface area contributed by atoms with E-state index in [0.717, 1.165) is 11.6 Å². The van der Waals surface area contributed by atoms with Crippen molar-refractivity contribution >= 4 is 57.5 Å². The van der Waals surface area contributed by atoms with Gasteiger partial charge < -0.3 is 7.96 Å². The van der Waals surface area contributed by atoms with Crippen molar-refractivity contribution in [2.24, 2.45) is 0 Å². The number of carboxylic acid groups (broad SMARTS) is 1. The van der Waals surface area contributed by atoms with Gasteiger partial charge in [0.05, 0.1) is 0 Å². The van der Waals surface area contributed by atoms with Crippen LogP contribution in [-0.4, -0.2) is 56.6 Å². The number of carboxylic acids is 1. The smallest absolute Gasteiger partial charge is 1.00 e. The average molecular weight is 238 g/mol. The largest absolute Gasteiger partial charge is 2.00 e. The van der Waals surface area contributed by atoms with Gasteiger partial charge >= 0.3 is 51.5 Å². The molecule has 0 aliphatic heterocycles. The minimum atomic E-state index is -0.922. The summed E-state index contributed by atoms with van der Waals surface area (Å²) < 4.78 is 0. The second-order valence-corrected chi connectivity index (χ2v) is 2.08. The van der Waals surface area contributed by atoms with Crippen LogP contribution >= 0.6 is 0 Å². The Hall–Kier alpha value is -0.0895. The molecule has 3 heteroatoms. The van der Waals surface area contributed by atoms with Crippen molar-refractivity contribution in [2.75, 3.05) is 0 Å². The van der Waals surface area contributed by atoms with Crippen molar-refractivity contribution in [2.45, 2.75) is 0 Å². The van der Waals surface area contributed by atoms with Crippen molar-refractivity contribution in [1.82, 2.24) is 0 Å². The Morgan fingerprint density at radius 1 is 1.33 bits per heavy atom. The third-order valence-electron chi connectivity index (χ3n) is 1.22. The molecule has 1 aromatic rings. The molecule has 0 amide bonds. The molecular formula is C9H10O2Sr. The third-order valence-corrected chi connectivity index (χ3v) is 1.22. The van der Waals surface area contributed by atoms with Crippen LogP contribution in [0.5, 0.6) is 0 Å². The molecule has 0 aliphatic rings. The molecule has 0 saturated carbocycles. The van der Waals surface area contributed by atoms with E-state index < -0.39 is 5.97 Å². The van der Waals surface area contributed by atoms with Crippen LogP contribution in [-0.2, 0) is 4.79 Å². The molecule has 1 aromatic carbocycles. The van der Waals surface area contributed by atoms with Crippen molar-refractivity contribution in [3.05, 3.63) is 42.0 Å². The quantitative estimate of drug-likeness (QED) is 0.627. The molecule has 60 valence electrons. The standard InChI is InChI=1S/C9H8O2.Sr.2H/c10-9(11)7-6-8-4-2-1-3-5-8;;;/h1-7H,(H,10,11);;;/q;+2;2*-1. The van der Waals surface area contributed by atoms with Crippen LogP contribution in [0.2, 0.25) is 0 Å². The number of benzene rings is 1. The molecule has 0 fully saturated rings. The molecule has 0 bridgehead atoms. The van der Waals surface area contributed by atoms with E-state index >= 15 is 0 Å². The van der Waals surface area contributed by atoms with E-state index in [9.17, 15) is 4.79 Å². The summed E-state index contributed by atoms with van der Waals surface area (Å²) in [6, 6.07) is 9.31. The molecular weight excluding hydrogens is 228 g/mol. The number of hydrogen-bond acceptors (Lipinski definition) is 1. The molecule has 0 heterocycles. The maximum Gasteiger partial charge on any atom is 2.00 e. The maximum absolute atomic E-state index is 10.1. The van der Waals surface area contributed by atoms with Gasteiger partial charge in [0, 0.05) is 6.08 Å². The summed E-state index contributed by atoms with van der Waals surface area (Å²) in [6.45, 7) is 0. The van der Waals surface area contributed by atoms with Crippen LogP contribution in [0, 0.1) is 0 Å². The van der Waals surface area contributed by atoms with E-state index in [-0.39, 0.29) is 48.3 Å².